The zero-order chi connectivity index (χ0) is 11.7. The third-order valence-electron chi connectivity index (χ3n) is 2.95. The molecule has 0 saturated heterocycles. The van der Waals surface area contributed by atoms with Crippen molar-refractivity contribution in [3.63, 3.8) is 0 Å². The molecular formula is C15H12O2. The summed E-state index contributed by atoms with van der Waals surface area (Å²) in [6, 6.07) is 15.3. The Kier molecular flexibility index (Phi) is 2.41. The molecule has 1 aliphatic heterocycles. The highest BCUT2D eigenvalue weighted by Gasteiger charge is 2.23. The molecule has 1 heterocycles. The highest BCUT2D eigenvalue weighted by atomic mass is 16.6. The smallest absolute Gasteiger partial charge is 0.173 e. The van der Waals surface area contributed by atoms with Crippen molar-refractivity contribution in [1.82, 2.24) is 0 Å². The summed E-state index contributed by atoms with van der Waals surface area (Å²) in [5, 5.41) is 0. The second-order valence-corrected chi connectivity index (χ2v) is 4.14. The van der Waals surface area contributed by atoms with Crippen LogP contribution in [0.25, 0.3) is 0 Å². The van der Waals surface area contributed by atoms with Crippen molar-refractivity contribution in [3.8, 4) is 11.5 Å². The first-order valence-corrected chi connectivity index (χ1v) is 5.72. The number of carbonyl (C=O) groups is 1. The van der Waals surface area contributed by atoms with E-state index < -0.39 is 0 Å². The Hall–Kier alpha value is -2.09. The van der Waals surface area contributed by atoms with Gasteiger partial charge in [0.25, 0.3) is 0 Å². The van der Waals surface area contributed by atoms with Gasteiger partial charge in [-0.05, 0) is 18.1 Å². The fourth-order valence-electron chi connectivity index (χ4n) is 1.96. The summed E-state index contributed by atoms with van der Waals surface area (Å²) in [5.41, 5.74) is 1.91. The Balaban J connectivity index is 1.66. The van der Waals surface area contributed by atoms with E-state index in [0.29, 0.717) is 6.42 Å². The van der Waals surface area contributed by atoms with Gasteiger partial charge in [0.1, 0.15) is 0 Å². The molecule has 0 amide bonds. The van der Waals surface area contributed by atoms with Crippen LogP contribution in [-0.2, 0) is 6.42 Å². The minimum Gasteiger partial charge on any atom is -0.449 e. The van der Waals surface area contributed by atoms with Gasteiger partial charge >= 0.3 is 0 Å². The summed E-state index contributed by atoms with van der Waals surface area (Å²) < 4.78 is 5.30. The quantitative estimate of drug-likeness (QED) is 0.500. The van der Waals surface area contributed by atoms with E-state index in [1.54, 1.807) is 0 Å². The Bertz CT molecular complexity index is 558. The van der Waals surface area contributed by atoms with Crippen LogP contribution in [0.5, 0.6) is 11.5 Å². The van der Waals surface area contributed by atoms with Crippen LogP contribution < -0.4 is 4.74 Å². The van der Waals surface area contributed by atoms with Crippen LogP contribution in [0, 0.1) is 0 Å². The Morgan fingerprint density at radius 3 is 2.65 bits per heavy atom. The molecule has 0 aliphatic carbocycles. The van der Waals surface area contributed by atoms with Crippen LogP contribution in [-0.4, -0.2) is 5.78 Å². The monoisotopic (exact) mass is 224 g/mol. The lowest BCUT2D eigenvalue weighted by Gasteiger charge is -2.00. The summed E-state index contributed by atoms with van der Waals surface area (Å²) in [6.07, 6.45) is 1.28. The summed E-state index contributed by atoms with van der Waals surface area (Å²) >= 11 is 0. The first-order valence-electron chi connectivity index (χ1n) is 5.72. The molecule has 2 aromatic rings. The highest BCUT2D eigenvalue weighted by Crippen LogP contribution is 2.48. The van der Waals surface area contributed by atoms with E-state index in [1.165, 1.54) is 0 Å². The minimum absolute atomic E-state index is 0.184. The number of para-hydroxylation sites is 1. The molecule has 0 N–H and O–H groups in total. The molecule has 3 rings (SSSR count). The van der Waals surface area contributed by atoms with Crippen LogP contribution in [0.1, 0.15) is 22.3 Å². The number of ether oxygens (including phenoxy) is 1. The summed E-state index contributed by atoms with van der Waals surface area (Å²) in [6.45, 7) is 0. The largest absolute Gasteiger partial charge is 0.449 e. The van der Waals surface area contributed by atoms with Gasteiger partial charge in [0.15, 0.2) is 17.3 Å². The predicted octanol–water partition coefficient (Wildman–Crippen LogP) is 3.61. The molecule has 0 aromatic heterocycles. The fraction of sp³-hybridized carbons (Fsp3) is 0.133. The van der Waals surface area contributed by atoms with Crippen molar-refractivity contribution < 1.29 is 9.53 Å². The Labute approximate surface area is 99.9 Å². The molecule has 1 aliphatic rings. The lowest BCUT2D eigenvalue weighted by Crippen LogP contribution is -2.00. The fourth-order valence-corrected chi connectivity index (χ4v) is 1.96. The number of Topliss-reactive ketones (excluding diaryl/α,β-unsaturated/α-hetero) is 1. The second-order valence-electron chi connectivity index (χ2n) is 4.14. The van der Waals surface area contributed by atoms with Gasteiger partial charge in [0, 0.05) is 12.0 Å². The number of fused-ring (bicyclic) bond motifs is 1. The summed E-state index contributed by atoms with van der Waals surface area (Å²) in [5.74, 6) is 2.10. The topological polar surface area (TPSA) is 29.6 Å². The number of rotatable bonds is 4. The number of hydrogen-bond acceptors (Lipinski definition) is 2. The Morgan fingerprint density at radius 2 is 1.82 bits per heavy atom. The van der Waals surface area contributed by atoms with Crippen molar-refractivity contribution in [1.29, 1.82) is 0 Å². The molecule has 0 radical (unpaired) electrons. The molecular weight excluding hydrogens is 212 g/mol. The van der Waals surface area contributed by atoms with Gasteiger partial charge in [-0.1, -0.05) is 42.5 Å². The maximum Gasteiger partial charge on any atom is 0.173 e. The SMILES string of the molecule is O=C(CCc1cccc2c1O2)c1ccccc1. The lowest BCUT2D eigenvalue weighted by molar-refractivity contribution is 0.0983. The predicted molar refractivity (Wildman–Crippen MR) is 65.6 cm³/mol. The van der Waals surface area contributed by atoms with Gasteiger partial charge in [-0.2, -0.15) is 0 Å². The molecule has 0 saturated carbocycles. The first-order chi connectivity index (χ1) is 8.34. The molecule has 84 valence electrons. The second kappa shape index (κ2) is 4.06. The molecule has 0 spiro atoms. The number of ketones is 1. The van der Waals surface area contributed by atoms with Gasteiger partial charge in [0.05, 0.1) is 0 Å². The number of benzene rings is 2. The molecule has 0 atom stereocenters. The van der Waals surface area contributed by atoms with E-state index in [2.05, 4.69) is 0 Å². The average Bonchev–Trinajstić information content (AvgIpc) is 3.16. The van der Waals surface area contributed by atoms with E-state index in [0.717, 1.165) is 29.0 Å². The lowest BCUT2D eigenvalue weighted by atomic mass is 10.0. The van der Waals surface area contributed by atoms with Crippen LogP contribution >= 0.6 is 0 Å². The van der Waals surface area contributed by atoms with Crippen molar-refractivity contribution in [2.75, 3.05) is 0 Å². The third kappa shape index (κ3) is 2.07. The molecule has 2 nitrogen and oxygen atoms in total. The average molecular weight is 224 g/mol. The number of aryl methyl sites for hydroxylation is 1. The number of carbonyl (C=O) groups excluding carboxylic acids is 1. The highest BCUT2D eigenvalue weighted by molar-refractivity contribution is 5.96. The molecule has 2 aromatic carbocycles. The van der Waals surface area contributed by atoms with Crippen LogP contribution in [0.4, 0.5) is 0 Å². The van der Waals surface area contributed by atoms with Gasteiger partial charge in [-0.15, -0.1) is 0 Å². The van der Waals surface area contributed by atoms with Crippen molar-refractivity contribution >= 4 is 5.78 Å². The first kappa shape index (κ1) is 10.1. The summed E-state index contributed by atoms with van der Waals surface area (Å²) in [4.78, 5) is 11.9. The normalized spacial score (nSPS) is 11.5. The Morgan fingerprint density at radius 1 is 1.00 bits per heavy atom. The van der Waals surface area contributed by atoms with Crippen LogP contribution in [0.15, 0.2) is 48.5 Å². The number of hydrogen-bond donors (Lipinski definition) is 0. The standard InChI is InChI=1S/C15H12O2/c16-13(11-5-2-1-3-6-11)10-9-12-7-4-8-14-15(12)17-14/h1-8H,9-10H2. The maximum absolute atomic E-state index is 11.9. The molecule has 0 unspecified atom stereocenters. The molecule has 0 bridgehead atoms. The van der Waals surface area contributed by atoms with E-state index in [-0.39, 0.29) is 5.78 Å². The van der Waals surface area contributed by atoms with E-state index in [4.69, 9.17) is 4.74 Å². The van der Waals surface area contributed by atoms with Gasteiger partial charge < -0.3 is 4.74 Å². The van der Waals surface area contributed by atoms with Gasteiger partial charge in [-0.3, -0.25) is 4.79 Å². The molecule has 0 fully saturated rings. The minimum atomic E-state index is 0.184. The molecule has 17 heavy (non-hydrogen) atoms. The molecule has 2 heteroatoms. The van der Waals surface area contributed by atoms with Crippen LogP contribution in [0.3, 0.4) is 0 Å². The van der Waals surface area contributed by atoms with E-state index >= 15 is 0 Å². The zero-order valence-electron chi connectivity index (χ0n) is 9.35. The van der Waals surface area contributed by atoms with Crippen molar-refractivity contribution in [2.45, 2.75) is 12.8 Å². The van der Waals surface area contributed by atoms with Gasteiger partial charge in [0.2, 0.25) is 0 Å². The van der Waals surface area contributed by atoms with Crippen molar-refractivity contribution in [3.05, 3.63) is 59.7 Å². The van der Waals surface area contributed by atoms with Gasteiger partial charge in [-0.25, -0.2) is 0 Å². The van der Waals surface area contributed by atoms with E-state index in [9.17, 15) is 4.79 Å². The van der Waals surface area contributed by atoms with Crippen LogP contribution in [0.2, 0.25) is 0 Å². The van der Waals surface area contributed by atoms with E-state index in [1.807, 2.05) is 48.5 Å². The zero-order valence-corrected chi connectivity index (χ0v) is 9.35. The maximum atomic E-state index is 11.9. The summed E-state index contributed by atoms with van der Waals surface area (Å²) in [7, 11) is 0. The third-order valence-corrected chi connectivity index (χ3v) is 2.95. The van der Waals surface area contributed by atoms with Crippen molar-refractivity contribution in [2.24, 2.45) is 0 Å².